The van der Waals surface area contributed by atoms with Gasteiger partial charge in [0.15, 0.2) is 0 Å². The van der Waals surface area contributed by atoms with Gasteiger partial charge in [0.25, 0.3) is 0 Å². The van der Waals surface area contributed by atoms with Crippen LogP contribution in [0.1, 0.15) is 32.9 Å². The first-order valence-electron chi connectivity index (χ1n) is 6.12. The minimum Gasteiger partial charge on any atom is -0.354 e. The van der Waals surface area contributed by atoms with Gasteiger partial charge in [-0.05, 0) is 20.4 Å². The largest absolute Gasteiger partial charge is 0.354 e. The van der Waals surface area contributed by atoms with Crippen molar-refractivity contribution < 1.29 is 4.79 Å². The number of nitrogens with zero attached hydrogens (tertiary/aromatic N) is 2. The lowest BCUT2D eigenvalue weighted by Crippen LogP contribution is -2.30. The van der Waals surface area contributed by atoms with Gasteiger partial charge in [0.1, 0.15) is 0 Å². The van der Waals surface area contributed by atoms with Crippen LogP contribution in [0.2, 0.25) is 0 Å². The van der Waals surface area contributed by atoms with E-state index in [0.717, 1.165) is 18.8 Å². The number of amides is 1. The number of nitrogens with one attached hydrogen (secondary N) is 2. The first-order valence-corrected chi connectivity index (χ1v) is 6.12. The van der Waals surface area contributed by atoms with Gasteiger partial charge in [0.2, 0.25) is 5.91 Å². The van der Waals surface area contributed by atoms with E-state index < -0.39 is 0 Å². The topological polar surface area (TPSA) is 59.0 Å². The van der Waals surface area contributed by atoms with Gasteiger partial charge in [0.05, 0.1) is 12.0 Å². The van der Waals surface area contributed by atoms with Crippen LogP contribution in [0.15, 0.2) is 12.5 Å². The molecule has 0 aliphatic heterocycles. The molecule has 0 atom stereocenters. The lowest BCUT2D eigenvalue weighted by Gasteiger charge is -2.10. The zero-order valence-electron chi connectivity index (χ0n) is 10.9. The van der Waals surface area contributed by atoms with Crippen LogP contribution < -0.4 is 10.6 Å². The molecule has 0 saturated carbocycles. The molecule has 0 aliphatic carbocycles. The molecule has 0 aliphatic rings. The van der Waals surface area contributed by atoms with E-state index >= 15 is 0 Å². The molecule has 2 N–H and O–H groups in total. The maximum absolute atomic E-state index is 11.5. The molecular formula is C12H22N4O. The smallest absolute Gasteiger partial charge is 0.221 e. The van der Waals surface area contributed by atoms with Crippen molar-refractivity contribution in [2.45, 2.75) is 46.3 Å². The first-order chi connectivity index (χ1) is 8.13. The molecule has 0 fully saturated rings. The third kappa shape index (κ3) is 4.99. The second-order valence-electron chi connectivity index (χ2n) is 4.33. The monoisotopic (exact) mass is 238 g/mol. The van der Waals surface area contributed by atoms with Crippen molar-refractivity contribution in [2.24, 2.45) is 0 Å². The zero-order valence-corrected chi connectivity index (χ0v) is 10.9. The molecule has 0 radical (unpaired) electrons. The van der Waals surface area contributed by atoms with Crippen LogP contribution >= 0.6 is 0 Å². The van der Waals surface area contributed by atoms with Crippen molar-refractivity contribution in [3.63, 3.8) is 0 Å². The molecule has 1 heterocycles. The standard InChI is InChI=1S/C12H22N4O/c1-4-13-7-11-8-14-9-16(11)6-5-12(17)15-10(2)3/h8-10,13H,4-7H2,1-3H3,(H,15,17). The van der Waals surface area contributed by atoms with Crippen molar-refractivity contribution in [1.82, 2.24) is 20.2 Å². The highest BCUT2D eigenvalue weighted by molar-refractivity contribution is 5.76. The molecule has 5 heteroatoms. The summed E-state index contributed by atoms with van der Waals surface area (Å²) in [5.74, 6) is 0.0862. The fourth-order valence-electron chi connectivity index (χ4n) is 1.57. The number of aryl methyl sites for hydroxylation is 1. The minimum absolute atomic E-state index is 0.0862. The van der Waals surface area contributed by atoms with Gasteiger partial charge >= 0.3 is 0 Å². The summed E-state index contributed by atoms with van der Waals surface area (Å²) in [5, 5.41) is 6.13. The number of aromatic nitrogens is 2. The van der Waals surface area contributed by atoms with Crippen molar-refractivity contribution in [2.75, 3.05) is 6.54 Å². The number of rotatable bonds is 7. The lowest BCUT2D eigenvalue weighted by molar-refractivity contribution is -0.121. The zero-order chi connectivity index (χ0) is 12.7. The van der Waals surface area contributed by atoms with Crippen LogP contribution in [-0.4, -0.2) is 28.0 Å². The molecule has 1 aromatic rings. The molecule has 1 amide bonds. The normalized spacial score (nSPS) is 10.8. The van der Waals surface area contributed by atoms with E-state index in [0.29, 0.717) is 13.0 Å². The molecule has 0 spiro atoms. The highest BCUT2D eigenvalue weighted by Crippen LogP contribution is 2.00. The Labute approximate surface area is 103 Å². The van der Waals surface area contributed by atoms with E-state index in [4.69, 9.17) is 0 Å². The number of imidazole rings is 1. The Morgan fingerprint density at radius 1 is 1.53 bits per heavy atom. The Balaban J connectivity index is 2.40. The van der Waals surface area contributed by atoms with E-state index in [1.165, 1.54) is 0 Å². The van der Waals surface area contributed by atoms with E-state index in [9.17, 15) is 4.79 Å². The number of carbonyl (C=O) groups excluding carboxylic acids is 1. The van der Waals surface area contributed by atoms with E-state index in [1.54, 1.807) is 6.33 Å². The van der Waals surface area contributed by atoms with Crippen molar-refractivity contribution in [3.05, 3.63) is 18.2 Å². The Morgan fingerprint density at radius 3 is 2.94 bits per heavy atom. The average Bonchev–Trinajstić information content (AvgIpc) is 2.70. The maximum Gasteiger partial charge on any atom is 0.221 e. The van der Waals surface area contributed by atoms with E-state index in [1.807, 2.05) is 24.6 Å². The number of hydrogen-bond donors (Lipinski definition) is 2. The van der Waals surface area contributed by atoms with Crippen LogP contribution in [0.3, 0.4) is 0 Å². The van der Waals surface area contributed by atoms with Crippen LogP contribution in [-0.2, 0) is 17.9 Å². The second-order valence-corrected chi connectivity index (χ2v) is 4.33. The van der Waals surface area contributed by atoms with Crippen molar-refractivity contribution >= 4 is 5.91 Å². The molecule has 17 heavy (non-hydrogen) atoms. The summed E-state index contributed by atoms with van der Waals surface area (Å²) in [7, 11) is 0. The Bertz CT molecular complexity index is 346. The van der Waals surface area contributed by atoms with Gasteiger partial charge in [-0.1, -0.05) is 6.92 Å². The van der Waals surface area contributed by atoms with Crippen LogP contribution in [0.4, 0.5) is 0 Å². The van der Waals surface area contributed by atoms with Crippen LogP contribution in [0.25, 0.3) is 0 Å². The summed E-state index contributed by atoms with van der Waals surface area (Å²) in [5.41, 5.74) is 1.11. The fourth-order valence-corrected chi connectivity index (χ4v) is 1.57. The van der Waals surface area contributed by atoms with E-state index in [2.05, 4.69) is 22.5 Å². The number of carbonyl (C=O) groups is 1. The van der Waals surface area contributed by atoms with Gasteiger partial charge in [-0.3, -0.25) is 4.79 Å². The third-order valence-electron chi connectivity index (χ3n) is 2.38. The quantitative estimate of drug-likeness (QED) is 0.742. The summed E-state index contributed by atoms with van der Waals surface area (Å²) >= 11 is 0. The summed E-state index contributed by atoms with van der Waals surface area (Å²) in [6.45, 7) is 8.40. The Morgan fingerprint density at radius 2 is 2.29 bits per heavy atom. The molecular weight excluding hydrogens is 216 g/mol. The Kier molecular flexibility index (Phi) is 5.69. The van der Waals surface area contributed by atoms with Gasteiger partial charge in [0, 0.05) is 31.7 Å². The van der Waals surface area contributed by atoms with Crippen molar-refractivity contribution in [3.8, 4) is 0 Å². The average molecular weight is 238 g/mol. The molecule has 0 aromatic carbocycles. The maximum atomic E-state index is 11.5. The molecule has 0 unspecified atom stereocenters. The second kappa shape index (κ2) is 7.06. The van der Waals surface area contributed by atoms with Gasteiger partial charge in [-0.2, -0.15) is 0 Å². The molecule has 0 saturated heterocycles. The predicted molar refractivity (Wildman–Crippen MR) is 67.5 cm³/mol. The SMILES string of the molecule is CCNCc1cncn1CCC(=O)NC(C)C. The molecule has 5 nitrogen and oxygen atoms in total. The fraction of sp³-hybridized carbons (Fsp3) is 0.667. The van der Waals surface area contributed by atoms with Crippen LogP contribution in [0, 0.1) is 0 Å². The molecule has 1 aromatic heterocycles. The molecule has 1 rings (SSSR count). The Hall–Kier alpha value is -1.36. The third-order valence-corrected chi connectivity index (χ3v) is 2.38. The highest BCUT2D eigenvalue weighted by Gasteiger charge is 2.06. The van der Waals surface area contributed by atoms with Crippen molar-refractivity contribution in [1.29, 1.82) is 0 Å². The van der Waals surface area contributed by atoms with Crippen LogP contribution in [0.5, 0.6) is 0 Å². The van der Waals surface area contributed by atoms with Gasteiger partial charge < -0.3 is 15.2 Å². The summed E-state index contributed by atoms with van der Waals surface area (Å²) in [6.07, 6.45) is 4.10. The van der Waals surface area contributed by atoms with Gasteiger partial charge in [-0.25, -0.2) is 4.98 Å². The first kappa shape index (κ1) is 13.7. The van der Waals surface area contributed by atoms with Gasteiger partial charge in [-0.15, -0.1) is 0 Å². The summed E-state index contributed by atoms with van der Waals surface area (Å²) in [4.78, 5) is 15.6. The number of hydrogen-bond acceptors (Lipinski definition) is 3. The molecule has 96 valence electrons. The lowest BCUT2D eigenvalue weighted by atomic mass is 10.3. The van der Waals surface area contributed by atoms with E-state index in [-0.39, 0.29) is 11.9 Å². The predicted octanol–water partition coefficient (Wildman–Crippen LogP) is 0.907. The summed E-state index contributed by atoms with van der Waals surface area (Å²) < 4.78 is 2.02. The minimum atomic E-state index is 0.0862. The highest BCUT2D eigenvalue weighted by atomic mass is 16.1. The summed E-state index contributed by atoms with van der Waals surface area (Å²) in [6, 6.07) is 0.200. The molecule has 0 bridgehead atoms.